The summed E-state index contributed by atoms with van der Waals surface area (Å²) in [5.74, 6) is 0.492. The van der Waals surface area contributed by atoms with Gasteiger partial charge in [-0.25, -0.2) is 4.98 Å². The molecule has 1 aliphatic heterocycles. The maximum atomic E-state index is 6.11. The molecule has 2 heterocycles. The second kappa shape index (κ2) is 6.04. The summed E-state index contributed by atoms with van der Waals surface area (Å²) in [7, 11) is 0. The van der Waals surface area contributed by atoms with Crippen molar-refractivity contribution >= 4 is 79.8 Å². The lowest BCUT2D eigenvalue weighted by Gasteiger charge is -2.33. The Balaban J connectivity index is 2.34. The van der Waals surface area contributed by atoms with Crippen LogP contribution in [0, 0.1) is 6.54 Å². The summed E-state index contributed by atoms with van der Waals surface area (Å²) in [4.78, 5) is 4.20. The highest BCUT2D eigenvalue weighted by Crippen LogP contribution is 2.41. The fraction of sp³-hybridized carbons (Fsp3) is 0.200. The number of pyridine rings is 1. The molecule has 2 rings (SSSR count). The number of hydrogen-bond acceptors (Lipinski definition) is 3. The average Bonchev–Trinajstić information content (AvgIpc) is 2.56. The van der Waals surface area contributed by atoms with Crippen LogP contribution in [0.25, 0.3) is 0 Å². The first-order valence-electron chi connectivity index (χ1n) is 4.93. The Morgan fingerprint density at radius 1 is 1.26 bits per heavy atom. The van der Waals surface area contributed by atoms with Gasteiger partial charge in [-0.1, -0.05) is 58.0 Å². The monoisotopic (exact) mass is 422 g/mol. The summed E-state index contributed by atoms with van der Waals surface area (Å²) in [6.45, 7) is 1.72. The minimum absolute atomic E-state index is 0.0812. The van der Waals surface area contributed by atoms with Crippen molar-refractivity contribution in [2.45, 2.75) is 3.79 Å². The first-order chi connectivity index (χ1) is 8.79. The molecule has 3 nitrogen and oxygen atoms in total. The highest BCUT2D eigenvalue weighted by molar-refractivity contribution is 9.11. The molecule has 0 atom stereocenters. The van der Waals surface area contributed by atoms with Gasteiger partial charge in [0.25, 0.3) is 0 Å². The standard InChI is InChI=1S/C10H6BrCl5N3/c11-8-7(13)4-18(19(8)5-10(14,15)16)9-6(12)2-1-3-17-9/h1-4H,5H2. The summed E-state index contributed by atoms with van der Waals surface area (Å²) in [5.41, 5.74) is 0. The summed E-state index contributed by atoms with van der Waals surface area (Å²) < 4.78 is -0.907. The van der Waals surface area contributed by atoms with E-state index >= 15 is 0 Å². The van der Waals surface area contributed by atoms with Crippen molar-refractivity contribution in [1.82, 2.24) is 9.99 Å². The SMILES string of the molecule is ClC1=C(Br)N(CC(Cl)(Cl)Cl)N(c2ncccc2Cl)[CH]1. The number of anilines is 1. The number of hydrogen-bond donors (Lipinski definition) is 0. The Labute approximate surface area is 144 Å². The van der Waals surface area contributed by atoms with Gasteiger partial charge < -0.3 is 0 Å². The third-order valence-electron chi connectivity index (χ3n) is 2.20. The molecule has 1 aromatic heterocycles. The van der Waals surface area contributed by atoms with Crippen LogP contribution in [0.1, 0.15) is 0 Å². The van der Waals surface area contributed by atoms with Gasteiger partial charge in [0.15, 0.2) is 5.82 Å². The summed E-state index contributed by atoms with van der Waals surface area (Å²) >= 11 is 33.0. The number of rotatable bonds is 2. The van der Waals surface area contributed by atoms with E-state index in [1.807, 2.05) is 0 Å². The van der Waals surface area contributed by atoms with Crippen LogP contribution in [-0.2, 0) is 0 Å². The van der Waals surface area contributed by atoms with Crippen molar-refractivity contribution in [2.75, 3.05) is 11.6 Å². The first-order valence-corrected chi connectivity index (χ1v) is 7.62. The molecule has 1 aromatic rings. The predicted molar refractivity (Wildman–Crippen MR) is 84.8 cm³/mol. The normalized spacial score (nSPS) is 16.5. The van der Waals surface area contributed by atoms with E-state index in [0.29, 0.717) is 20.5 Å². The molecule has 0 saturated heterocycles. The zero-order chi connectivity index (χ0) is 14.2. The lowest BCUT2D eigenvalue weighted by Crippen LogP contribution is -2.40. The van der Waals surface area contributed by atoms with Gasteiger partial charge >= 0.3 is 0 Å². The maximum Gasteiger partial charge on any atom is 0.209 e. The zero-order valence-corrected chi connectivity index (χ0v) is 14.5. The average molecular weight is 425 g/mol. The van der Waals surface area contributed by atoms with Crippen LogP contribution in [0.2, 0.25) is 5.02 Å². The summed E-state index contributed by atoms with van der Waals surface area (Å²) in [6.07, 6.45) is 1.61. The molecule has 19 heavy (non-hydrogen) atoms. The molecule has 0 amide bonds. The fourth-order valence-corrected chi connectivity index (χ4v) is 2.62. The summed E-state index contributed by atoms with van der Waals surface area (Å²) in [5, 5.41) is 4.16. The quantitative estimate of drug-likeness (QED) is 0.485. The minimum atomic E-state index is -1.48. The van der Waals surface area contributed by atoms with Crippen molar-refractivity contribution in [3.63, 3.8) is 0 Å². The number of aromatic nitrogens is 1. The Morgan fingerprint density at radius 3 is 2.53 bits per heavy atom. The van der Waals surface area contributed by atoms with Crippen LogP contribution < -0.4 is 5.01 Å². The lowest BCUT2D eigenvalue weighted by atomic mass is 10.4. The van der Waals surface area contributed by atoms with E-state index < -0.39 is 3.79 Å². The molecule has 0 fully saturated rings. The lowest BCUT2D eigenvalue weighted by molar-refractivity contribution is 0.385. The van der Waals surface area contributed by atoms with Gasteiger partial charge in [-0.05, 0) is 28.1 Å². The van der Waals surface area contributed by atoms with Crippen LogP contribution in [0.3, 0.4) is 0 Å². The molecule has 0 aromatic carbocycles. The molecule has 0 N–H and O–H groups in total. The van der Waals surface area contributed by atoms with Gasteiger partial charge in [-0.2, -0.15) is 0 Å². The van der Waals surface area contributed by atoms with Crippen LogP contribution >= 0.6 is 73.9 Å². The van der Waals surface area contributed by atoms with E-state index in [2.05, 4.69) is 20.9 Å². The Morgan fingerprint density at radius 2 is 1.95 bits per heavy atom. The number of alkyl halides is 3. The molecule has 0 saturated carbocycles. The van der Waals surface area contributed by atoms with Gasteiger partial charge in [0.05, 0.1) is 16.6 Å². The molecule has 9 heteroatoms. The van der Waals surface area contributed by atoms with E-state index in [9.17, 15) is 0 Å². The molecule has 0 aliphatic carbocycles. The molecule has 1 aliphatic rings. The van der Waals surface area contributed by atoms with Crippen molar-refractivity contribution in [1.29, 1.82) is 0 Å². The second-order valence-corrected chi connectivity index (χ2v) is 7.68. The maximum absolute atomic E-state index is 6.11. The van der Waals surface area contributed by atoms with Crippen LogP contribution in [0.5, 0.6) is 0 Å². The molecular formula is C10H6BrCl5N3. The van der Waals surface area contributed by atoms with Crippen LogP contribution in [-0.4, -0.2) is 20.3 Å². The molecule has 1 radical (unpaired) electrons. The highest BCUT2D eigenvalue weighted by Gasteiger charge is 2.36. The molecule has 0 bridgehead atoms. The first kappa shape index (κ1) is 15.8. The Kier molecular flexibility index (Phi) is 5.02. The van der Waals surface area contributed by atoms with Crippen molar-refractivity contribution in [2.24, 2.45) is 0 Å². The van der Waals surface area contributed by atoms with Crippen molar-refractivity contribution < 1.29 is 0 Å². The van der Waals surface area contributed by atoms with Gasteiger partial charge in [0, 0.05) is 6.20 Å². The topological polar surface area (TPSA) is 19.4 Å². The van der Waals surface area contributed by atoms with Gasteiger partial charge in [-0.15, -0.1) is 0 Å². The van der Waals surface area contributed by atoms with E-state index in [4.69, 9.17) is 58.0 Å². The van der Waals surface area contributed by atoms with Crippen molar-refractivity contribution in [3.05, 3.63) is 39.5 Å². The van der Waals surface area contributed by atoms with E-state index in [-0.39, 0.29) is 6.54 Å². The second-order valence-electron chi connectivity index (χ2n) is 3.59. The molecule has 0 spiro atoms. The molecule has 103 valence electrons. The Bertz CT molecular complexity index is 516. The smallest absolute Gasteiger partial charge is 0.209 e. The number of hydrazine groups is 1. The molecular weight excluding hydrogens is 419 g/mol. The van der Waals surface area contributed by atoms with Gasteiger partial charge in [0.2, 0.25) is 3.79 Å². The fourth-order valence-electron chi connectivity index (χ4n) is 1.49. The third-order valence-corrected chi connectivity index (χ3v) is 4.20. The highest BCUT2D eigenvalue weighted by atomic mass is 79.9. The third kappa shape index (κ3) is 3.74. The van der Waals surface area contributed by atoms with Crippen LogP contribution in [0.15, 0.2) is 28.0 Å². The summed E-state index contributed by atoms with van der Waals surface area (Å²) in [6, 6.07) is 3.44. The Hall–Kier alpha value is 0.420. The predicted octanol–water partition coefficient (Wildman–Crippen LogP) is 5.11. The van der Waals surface area contributed by atoms with Crippen LogP contribution in [0.4, 0.5) is 5.82 Å². The molecule has 0 unspecified atom stereocenters. The van der Waals surface area contributed by atoms with Gasteiger partial charge in [-0.3, -0.25) is 10.0 Å². The minimum Gasteiger partial charge on any atom is -0.271 e. The van der Waals surface area contributed by atoms with Crippen molar-refractivity contribution in [3.8, 4) is 0 Å². The van der Waals surface area contributed by atoms with Gasteiger partial charge in [0.1, 0.15) is 11.2 Å². The largest absolute Gasteiger partial charge is 0.271 e. The van der Waals surface area contributed by atoms with E-state index in [0.717, 1.165) is 0 Å². The number of nitrogens with zero attached hydrogens (tertiary/aromatic N) is 3. The zero-order valence-electron chi connectivity index (χ0n) is 9.13. The number of halogens is 6. The van der Waals surface area contributed by atoms with E-state index in [1.54, 1.807) is 34.9 Å². The van der Waals surface area contributed by atoms with E-state index in [1.165, 1.54) is 0 Å².